The highest BCUT2D eigenvalue weighted by Gasteiger charge is 2.20. The molecule has 1 aliphatic heterocycles. The number of rotatable bonds is 7. The number of likely N-dealkylation sites (tertiary alicyclic amines) is 1. The fourth-order valence-electron chi connectivity index (χ4n) is 3.34. The molecule has 0 aliphatic carbocycles. The van der Waals surface area contributed by atoms with E-state index in [2.05, 4.69) is 37.0 Å². The Kier molecular flexibility index (Phi) is 7.64. The molecule has 24 heavy (non-hydrogen) atoms. The lowest BCUT2D eigenvalue weighted by atomic mass is 9.90. The Morgan fingerprint density at radius 3 is 2.62 bits per heavy atom. The molecular weight excluding hydrogens is 304 g/mol. The molecule has 0 radical (unpaired) electrons. The SMILES string of the molecule is C/C=C(\C=C/CN1CCC(Cc2ccc(F)cc2F)CC1)CCC. The molecule has 0 aromatic heterocycles. The van der Waals surface area contributed by atoms with Crippen molar-refractivity contribution in [2.75, 3.05) is 19.6 Å². The third kappa shape index (κ3) is 5.86. The van der Waals surface area contributed by atoms with Gasteiger partial charge in [0.2, 0.25) is 0 Å². The quantitative estimate of drug-likeness (QED) is 0.594. The largest absolute Gasteiger partial charge is 0.300 e. The van der Waals surface area contributed by atoms with Crippen LogP contribution < -0.4 is 0 Å². The maximum Gasteiger partial charge on any atom is 0.129 e. The Morgan fingerprint density at radius 1 is 1.25 bits per heavy atom. The minimum Gasteiger partial charge on any atom is -0.300 e. The van der Waals surface area contributed by atoms with Crippen LogP contribution in [-0.4, -0.2) is 24.5 Å². The molecule has 1 heterocycles. The Morgan fingerprint density at radius 2 is 2.00 bits per heavy atom. The first-order valence-electron chi connectivity index (χ1n) is 9.10. The molecule has 0 unspecified atom stereocenters. The summed E-state index contributed by atoms with van der Waals surface area (Å²) in [4.78, 5) is 2.45. The molecule has 1 saturated heterocycles. The Labute approximate surface area is 145 Å². The summed E-state index contributed by atoms with van der Waals surface area (Å²) in [5.41, 5.74) is 2.05. The van der Waals surface area contributed by atoms with Crippen molar-refractivity contribution in [3.05, 3.63) is 59.2 Å². The number of halogens is 2. The molecule has 132 valence electrons. The zero-order valence-electron chi connectivity index (χ0n) is 14.9. The summed E-state index contributed by atoms with van der Waals surface area (Å²) in [5, 5.41) is 0. The van der Waals surface area contributed by atoms with Gasteiger partial charge in [0.15, 0.2) is 0 Å². The summed E-state index contributed by atoms with van der Waals surface area (Å²) in [7, 11) is 0. The van der Waals surface area contributed by atoms with Gasteiger partial charge >= 0.3 is 0 Å². The van der Waals surface area contributed by atoms with Crippen molar-refractivity contribution in [2.24, 2.45) is 5.92 Å². The molecule has 1 aromatic rings. The van der Waals surface area contributed by atoms with E-state index >= 15 is 0 Å². The first-order chi connectivity index (χ1) is 11.6. The first kappa shape index (κ1) is 18.9. The van der Waals surface area contributed by atoms with Crippen LogP contribution in [0.25, 0.3) is 0 Å². The van der Waals surface area contributed by atoms with Gasteiger partial charge in [0.1, 0.15) is 11.6 Å². The summed E-state index contributed by atoms with van der Waals surface area (Å²) in [6.45, 7) is 7.38. The maximum atomic E-state index is 13.8. The minimum atomic E-state index is -0.499. The lowest BCUT2D eigenvalue weighted by Gasteiger charge is -2.31. The van der Waals surface area contributed by atoms with E-state index in [0.717, 1.165) is 51.4 Å². The van der Waals surface area contributed by atoms with E-state index < -0.39 is 11.6 Å². The fraction of sp³-hybridized carbons (Fsp3) is 0.524. The van der Waals surface area contributed by atoms with Crippen molar-refractivity contribution in [2.45, 2.75) is 46.0 Å². The molecule has 1 aromatic carbocycles. The lowest BCUT2D eigenvalue weighted by molar-refractivity contribution is 0.199. The second kappa shape index (κ2) is 9.73. The Balaban J connectivity index is 1.76. The number of hydrogen-bond acceptors (Lipinski definition) is 1. The summed E-state index contributed by atoms with van der Waals surface area (Å²) < 4.78 is 26.7. The fourth-order valence-corrected chi connectivity index (χ4v) is 3.34. The molecule has 1 aliphatic rings. The average molecular weight is 333 g/mol. The monoisotopic (exact) mass is 333 g/mol. The predicted molar refractivity (Wildman–Crippen MR) is 97.0 cm³/mol. The van der Waals surface area contributed by atoms with Crippen molar-refractivity contribution in [1.82, 2.24) is 4.90 Å². The van der Waals surface area contributed by atoms with Crippen molar-refractivity contribution in [1.29, 1.82) is 0 Å². The van der Waals surface area contributed by atoms with Gasteiger partial charge in [-0.15, -0.1) is 0 Å². The summed E-state index contributed by atoms with van der Waals surface area (Å²) >= 11 is 0. The van der Waals surface area contributed by atoms with Crippen LogP contribution in [0.2, 0.25) is 0 Å². The zero-order chi connectivity index (χ0) is 17.4. The van der Waals surface area contributed by atoms with Gasteiger partial charge in [-0.05, 0) is 63.2 Å². The molecule has 0 atom stereocenters. The number of piperidine rings is 1. The third-order valence-electron chi connectivity index (χ3n) is 4.84. The van der Waals surface area contributed by atoms with Gasteiger partial charge in [0.05, 0.1) is 0 Å². The summed E-state index contributed by atoms with van der Waals surface area (Å²) in [6, 6.07) is 3.93. The van der Waals surface area contributed by atoms with Gasteiger partial charge in [-0.25, -0.2) is 8.78 Å². The molecule has 0 N–H and O–H groups in total. The highest BCUT2D eigenvalue weighted by atomic mass is 19.1. The van der Waals surface area contributed by atoms with Crippen LogP contribution >= 0.6 is 0 Å². The van der Waals surface area contributed by atoms with Crippen molar-refractivity contribution < 1.29 is 8.78 Å². The average Bonchev–Trinajstić information content (AvgIpc) is 2.58. The van der Waals surface area contributed by atoms with Gasteiger partial charge < -0.3 is 0 Å². The van der Waals surface area contributed by atoms with Gasteiger partial charge in [0, 0.05) is 12.6 Å². The smallest absolute Gasteiger partial charge is 0.129 e. The van der Waals surface area contributed by atoms with E-state index in [-0.39, 0.29) is 0 Å². The van der Waals surface area contributed by atoms with Crippen LogP contribution in [0, 0.1) is 17.6 Å². The van der Waals surface area contributed by atoms with Crippen LogP contribution in [0.4, 0.5) is 8.78 Å². The van der Waals surface area contributed by atoms with Crippen molar-refractivity contribution in [3.63, 3.8) is 0 Å². The molecule has 1 nitrogen and oxygen atoms in total. The van der Waals surface area contributed by atoms with E-state index in [0.29, 0.717) is 11.5 Å². The molecule has 0 bridgehead atoms. The second-order valence-corrected chi connectivity index (χ2v) is 6.70. The van der Waals surface area contributed by atoms with Gasteiger partial charge in [-0.2, -0.15) is 0 Å². The number of allylic oxidation sites excluding steroid dienone is 3. The zero-order valence-corrected chi connectivity index (χ0v) is 14.9. The standard InChI is InChI=1S/C21H29F2N/c1-3-6-17(4-2)7-5-12-24-13-10-18(11-14-24)15-19-8-9-20(22)16-21(19)23/h4-5,7-9,16,18H,3,6,10-15H2,1-2H3/b7-5-,17-4-. The molecule has 1 fully saturated rings. The van der Waals surface area contributed by atoms with Gasteiger partial charge in [-0.1, -0.05) is 43.2 Å². The molecular formula is C21H29F2N. The normalized spacial score (nSPS) is 17.8. The summed E-state index contributed by atoms with van der Waals surface area (Å²) in [6.07, 6.45) is 11.9. The van der Waals surface area contributed by atoms with E-state index in [1.54, 1.807) is 6.07 Å². The van der Waals surface area contributed by atoms with E-state index in [1.165, 1.54) is 18.1 Å². The highest BCUT2D eigenvalue weighted by molar-refractivity contribution is 5.19. The number of benzene rings is 1. The van der Waals surface area contributed by atoms with Crippen LogP contribution in [-0.2, 0) is 6.42 Å². The lowest BCUT2D eigenvalue weighted by Crippen LogP contribution is -2.34. The maximum absolute atomic E-state index is 13.8. The predicted octanol–water partition coefficient (Wildman–Crippen LogP) is 5.52. The molecule has 3 heteroatoms. The number of hydrogen-bond donors (Lipinski definition) is 0. The van der Waals surface area contributed by atoms with E-state index in [9.17, 15) is 8.78 Å². The second-order valence-electron chi connectivity index (χ2n) is 6.70. The molecule has 0 spiro atoms. The highest BCUT2D eigenvalue weighted by Crippen LogP contribution is 2.23. The molecule has 0 amide bonds. The topological polar surface area (TPSA) is 3.24 Å². The number of nitrogens with zero attached hydrogens (tertiary/aromatic N) is 1. The van der Waals surface area contributed by atoms with Crippen LogP contribution in [0.3, 0.4) is 0 Å². The van der Waals surface area contributed by atoms with Crippen LogP contribution in [0.1, 0.15) is 45.1 Å². The van der Waals surface area contributed by atoms with Gasteiger partial charge in [-0.3, -0.25) is 4.90 Å². The summed E-state index contributed by atoms with van der Waals surface area (Å²) in [5.74, 6) is -0.409. The first-order valence-corrected chi connectivity index (χ1v) is 9.10. The van der Waals surface area contributed by atoms with Crippen LogP contribution in [0.5, 0.6) is 0 Å². The van der Waals surface area contributed by atoms with Crippen LogP contribution in [0.15, 0.2) is 42.0 Å². The van der Waals surface area contributed by atoms with Crippen molar-refractivity contribution in [3.8, 4) is 0 Å². The van der Waals surface area contributed by atoms with E-state index in [1.807, 2.05) is 0 Å². The Bertz CT molecular complexity index is 569. The van der Waals surface area contributed by atoms with E-state index in [4.69, 9.17) is 0 Å². The Hall–Kier alpha value is -1.48. The van der Waals surface area contributed by atoms with Gasteiger partial charge in [0.25, 0.3) is 0 Å². The molecule has 0 saturated carbocycles. The third-order valence-corrected chi connectivity index (χ3v) is 4.84. The molecule has 2 rings (SSSR count). The minimum absolute atomic E-state index is 0.407. The van der Waals surface area contributed by atoms with Crippen molar-refractivity contribution >= 4 is 0 Å².